The fourth-order valence-electron chi connectivity index (χ4n) is 4.27. The first kappa shape index (κ1) is 20.9. The standard InChI is InChI=1S/C26H22N4O2S/c1-32-25(31)18-12-14-19(15-13-18)29-17-7-11-22(29)24-23(21-10-5-6-16-27-21)28-26(33)30(24)20-8-3-2-4-9-20/h2-17,23-24H,1H3,(H,28,33). The van der Waals surface area contributed by atoms with Gasteiger partial charge in [0, 0.05) is 29.5 Å². The van der Waals surface area contributed by atoms with Crippen molar-refractivity contribution in [2.45, 2.75) is 12.1 Å². The molecule has 2 aromatic carbocycles. The van der Waals surface area contributed by atoms with Crippen LogP contribution >= 0.6 is 12.2 Å². The molecule has 0 aliphatic carbocycles. The van der Waals surface area contributed by atoms with E-state index < -0.39 is 0 Å². The fraction of sp³-hybridized carbons (Fsp3) is 0.115. The lowest BCUT2D eigenvalue weighted by molar-refractivity contribution is 0.0600. The Morgan fingerprint density at radius 3 is 2.39 bits per heavy atom. The molecule has 6 nitrogen and oxygen atoms in total. The van der Waals surface area contributed by atoms with Gasteiger partial charge in [0.05, 0.1) is 24.4 Å². The topological polar surface area (TPSA) is 59.4 Å². The lowest BCUT2D eigenvalue weighted by Crippen LogP contribution is -2.30. The minimum absolute atomic E-state index is 0.134. The highest BCUT2D eigenvalue weighted by Gasteiger charge is 2.42. The Hall–Kier alpha value is -3.97. The third kappa shape index (κ3) is 3.87. The third-order valence-electron chi connectivity index (χ3n) is 5.78. The average Bonchev–Trinajstić information content (AvgIpc) is 3.49. The molecular weight excluding hydrogens is 432 g/mol. The number of ether oxygens (including phenoxy) is 1. The molecule has 164 valence electrons. The van der Waals surface area contributed by atoms with Gasteiger partial charge in [-0.05, 0) is 72.9 Å². The maximum absolute atomic E-state index is 11.9. The molecule has 4 aromatic rings. The second-order valence-corrected chi connectivity index (χ2v) is 8.06. The summed E-state index contributed by atoms with van der Waals surface area (Å²) in [6.45, 7) is 0. The van der Waals surface area contributed by atoms with Crippen LogP contribution in [0.3, 0.4) is 0 Å². The number of pyridine rings is 1. The Morgan fingerprint density at radius 1 is 0.939 bits per heavy atom. The number of hydrogen-bond acceptors (Lipinski definition) is 4. The first-order chi connectivity index (χ1) is 16.2. The van der Waals surface area contributed by atoms with Gasteiger partial charge < -0.3 is 19.5 Å². The predicted molar refractivity (Wildman–Crippen MR) is 131 cm³/mol. The van der Waals surface area contributed by atoms with E-state index >= 15 is 0 Å². The molecule has 1 N–H and O–H groups in total. The molecule has 7 heteroatoms. The molecule has 0 amide bonds. The zero-order valence-corrected chi connectivity index (χ0v) is 18.8. The van der Waals surface area contributed by atoms with Crippen LogP contribution in [0.15, 0.2) is 97.3 Å². The highest BCUT2D eigenvalue weighted by Crippen LogP contribution is 2.42. The highest BCUT2D eigenvalue weighted by molar-refractivity contribution is 7.80. The van der Waals surface area contributed by atoms with Crippen molar-refractivity contribution in [2.24, 2.45) is 0 Å². The molecule has 5 rings (SSSR count). The highest BCUT2D eigenvalue weighted by atomic mass is 32.1. The first-order valence-electron chi connectivity index (χ1n) is 10.6. The number of nitrogens with zero attached hydrogens (tertiary/aromatic N) is 3. The normalized spacial score (nSPS) is 17.6. The summed E-state index contributed by atoms with van der Waals surface area (Å²) in [7, 11) is 1.38. The van der Waals surface area contributed by atoms with E-state index in [0.29, 0.717) is 10.7 Å². The van der Waals surface area contributed by atoms with E-state index in [1.165, 1.54) is 7.11 Å². The van der Waals surface area contributed by atoms with E-state index in [4.69, 9.17) is 17.0 Å². The number of methoxy groups -OCH3 is 1. The van der Waals surface area contributed by atoms with Gasteiger partial charge in [-0.15, -0.1) is 0 Å². The van der Waals surface area contributed by atoms with Crippen LogP contribution in [0.2, 0.25) is 0 Å². The third-order valence-corrected chi connectivity index (χ3v) is 6.10. The Labute approximate surface area is 197 Å². The van der Waals surface area contributed by atoms with Crippen LogP contribution in [-0.2, 0) is 4.74 Å². The van der Waals surface area contributed by atoms with Gasteiger partial charge in [-0.25, -0.2) is 4.79 Å². The van der Waals surface area contributed by atoms with Crippen LogP contribution < -0.4 is 10.2 Å². The van der Waals surface area contributed by atoms with Crippen LogP contribution in [0.25, 0.3) is 5.69 Å². The summed E-state index contributed by atoms with van der Waals surface area (Å²) in [4.78, 5) is 18.6. The molecule has 1 aliphatic heterocycles. The van der Waals surface area contributed by atoms with Crippen LogP contribution in [-0.4, -0.2) is 27.7 Å². The van der Waals surface area contributed by atoms with Crippen molar-refractivity contribution in [2.75, 3.05) is 12.0 Å². The number of nitrogens with one attached hydrogen (secondary N) is 1. The number of para-hydroxylation sites is 1. The number of thiocarbonyl (C=S) groups is 1. The Kier molecular flexibility index (Phi) is 5.62. The number of hydrogen-bond donors (Lipinski definition) is 1. The van der Waals surface area contributed by atoms with E-state index in [9.17, 15) is 4.79 Å². The second kappa shape index (κ2) is 8.88. The molecule has 0 saturated carbocycles. The molecule has 0 radical (unpaired) electrons. The maximum atomic E-state index is 11.9. The summed E-state index contributed by atoms with van der Waals surface area (Å²) >= 11 is 5.80. The average molecular weight is 455 g/mol. The summed E-state index contributed by atoms with van der Waals surface area (Å²) in [6.07, 6.45) is 3.81. The smallest absolute Gasteiger partial charge is 0.337 e. The SMILES string of the molecule is COC(=O)c1ccc(-n2cccc2C2C(c3ccccn3)NC(=S)N2c2ccccc2)cc1. The summed E-state index contributed by atoms with van der Waals surface area (Å²) in [5.41, 5.74) is 4.42. The monoisotopic (exact) mass is 454 g/mol. The minimum atomic E-state index is -0.356. The van der Waals surface area contributed by atoms with Crippen molar-refractivity contribution in [3.63, 3.8) is 0 Å². The Morgan fingerprint density at radius 2 is 1.70 bits per heavy atom. The molecule has 1 aliphatic rings. The number of rotatable bonds is 5. The molecule has 2 atom stereocenters. The zero-order valence-electron chi connectivity index (χ0n) is 18.0. The van der Waals surface area contributed by atoms with Crippen LogP contribution in [0, 0.1) is 0 Å². The number of carbonyl (C=O) groups excluding carboxylic acids is 1. The van der Waals surface area contributed by atoms with Crippen molar-refractivity contribution in [1.82, 2.24) is 14.9 Å². The fourth-order valence-corrected chi connectivity index (χ4v) is 4.61. The van der Waals surface area contributed by atoms with E-state index in [2.05, 4.69) is 38.0 Å². The van der Waals surface area contributed by atoms with E-state index in [0.717, 1.165) is 22.8 Å². The molecule has 1 saturated heterocycles. The van der Waals surface area contributed by atoms with Gasteiger partial charge >= 0.3 is 5.97 Å². The van der Waals surface area contributed by atoms with Crippen LogP contribution in [0.4, 0.5) is 5.69 Å². The lowest BCUT2D eigenvalue weighted by atomic mass is 10.0. The number of anilines is 1. The molecular formula is C26H22N4O2S. The van der Waals surface area contributed by atoms with E-state index in [1.54, 1.807) is 18.3 Å². The van der Waals surface area contributed by atoms with Gasteiger partial charge in [-0.3, -0.25) is 4.98 Å². The van der Waals surface area contributed by atoms with Crippen molar-refractivity contribution >= 4 is 29.0 Å². The second-order valence-electron chi connectivity index (χ2n) is 7.67. The summed E-state index contributed by atoms with van der Waals surface area (Å²) < 4.78 is 6.95. The van der Waals surface area contributed by atoms with Crippen molar-refractivity contribution < 1.29 is 9.53 Å². The number of aromatic nitrogens is 2. The van der Waals surface area contributed by atoms with Crippen molar-refractivity contribution in [3.05, 3.63) is 114 Å². The Bertz CT molecular complexity index is 1270. The van der Waals surface area contributed by atoms with Gasteiger partial charge in [0.25, 0.3) is 0 Å². The number of esters is 1. The quantitative estimate of drug-likeness (QED) is 0.344. The number of benzene rings is 2. The molecule has 2 unspecified atom stereocenters. The van der Waals surface area contributed by atoms with Gasteiger partial charge in [-0.1, -0.05) is 24.3 Å². The van der Waals surface area contributed by atoms with E-state index in [1.807, 2.05) is 60.8 Å². The first-order valence-corrected chi connectivity index (χ1v) is 11.0. The van der Waals surface area contributed by atoms with Crippen molar-refractivity contribution in [3.8, 4) is 5.69 Å². The molecule has 1 fully saturated rings. The zero-order chi connectivity index (χ0) is 22.8. The summed E-state index contributed by atoms with van der Waals surface area (Å²) in [5.74, 6) is -0.356. The minimum Gasteiger partial charge on any atom is -0.465 e. The van der Waals surface area contributed by atoms with E-state index in [-0.39, 0.29) is 18.1 Å². The summed E-state index contributed by atoms with van der Waals surface area (Å²) in [6, 6.07) is 27.2. The molecule has 33 heavy (non-hydrogen) atoms. The van der Waals surface area contributed by atoms with Crippen LogP contribution in [0.5, 0.6) is 0 Å². The summed E-state index contributed by atoms with van der Waals surface area (Å²) in [5, 5.41) is 4.14. The maximum Gasteiger partial charge on any atom is 0.337 e. The molecule has 3 heterocycles. The Balaban J connectivity index is 1.61. The van der Waals surface area contributed by atoms with Gasteiger partial charge in [0.2, 0.25) is 0 Å². The van der Waals surface area contributed by atoms with Crippen molar-refractivity contribution in [1.29, 1.82) is 0 Å². The molecule has 0 spiro atoms. The van der Waals surface area contributed by atoms with Gasteiger partial charge in [0.1, 0.15) is 6.04 Å². The van der Waals surface area contributed by atoms with Gasteiger partial charge in [-0.2, -0.15) is 0 Å². The predicted octanol–water partition coefficient (Wildman–Crippen LogP) is 4.84. The number of carbonyl (C=O) groups is 1. The largest absolute Gasteiger partial charge is 0.465 e. The van der Waals surface area contributed by atoms with Gasteiger partial charge in [0.15, 0.2) is 5.11 Å². The van der Waals surface area contributed by atoms with Crippen LogP contribution in [0.1, 0.15) is 33.8 Å². The molecule has 0 bridgehead atoms. The molecule has 2 aromatic heterocycles. The lowest BCUT2D eigenvalue weighted by Gasteiger charge is -2.29.